The quantitative estimate of drug-likeness (QED) is 0.846. The van der Waals surface area contributed by atoms with Crippen molar-refractivity contribution in [2.45, 2.75) is 31.1 Å². The fraction of sp³-hybridized carbons (Fsp3) is 0.333. The molecule has 146 valence electrons. The van der Waals surface area contributed by atoms with Gasteiger partial charge >= 0.3 is 0 Å². The minimum Gasteiger partial charge on any atom is -0.330 e. The van der Waals surface area contributed by atoms with Crippen LogP contribution in [0.4, 0.5) is 8.78 Å². The van der Waals surface area contributed by atoms with E-state index in [1.54, 1.807) is 0 Å². The zero-order valence-corrected chi connectivity index (χ0v) is 16.3. The van der Waals surface area contributed by atoms with Gasteiger partial charge in [-0.2, -0.15) is 5.10 Å². The minimum absolute atomic E-state index is 0.0751. The lowest BCUT2D eigenvalue weighted by atomic mass is 9.77. The van der Waals surface area contributed by atoms with Gasteiger partial charge in [0.15, 0.2) is 0 Å². The molecular formula is C21H21F2N3OS. The van der Waals surface area contributed by atoms with Crippen molar-refractivity contribution < 1.29 is 13.6 Å². The van der Waals surface area contributed by atoms with Crippen LogP contribution in [0.2, 0.25) is 0 Å². The SMILES string of the molecule is CC(=O)N1N=C(c2ccc(F)cc2F)S[C@]12c1ccccc1CC[C@H]2CCN. The van der Waals surface area contributed by atoms with Gasteiger partial charge < -0.3 is 5.73 Å². The molecule has 0 fully saturated rings. The predicted molar refractivity (Wildman–Crippen MR) is 107 cm³/mol. The molecule has 1 heterocycles. The predicted octanol–water partition coefficient (Wildman–Crippen LogP) is 3.99. The molecule has 0 saturated carbocycles. The monoisotopic (exact) mass is 401 g/mol. The van der Waals surface area contributed by atoms with E-state index in [1.807, 2.05) is 18.2 Å². The van der Waals surface area contributed by atoms with E-state index >= 15 is 0 Å². The number of hydrazone groups is 1. The van der Waals surface area contributed by atoms with Crippen LogP contribution >= 0.6 is 11.8 Å². The third-order valence-corrected chi connectivity index (χ3v) is 6.98. The molecule has 1 aliphatic heterocycles. The Morgan fingerprint density at radius 2 is 2.11 bits per heavy atom. The summed E-state index contributed by atoms with van der Waals surface area (Å²) in [6.45, 7) is 1.95. The summed E-state index contributed by atoms with van der Waals surface area (Å²) in [6, 6.07) is 11.4. The molecule has 0 unspecified atom stereocenters. The molecular weight excluding hydrogens is 380 g/mol. The van der Waals surface area contributed by atoms with Gasteiger partial charge in [-0.3, -0.25) is 4.79 Å². The highest BCUT2D eigenvalue weighted by Gasteiger charge is 2.55. The van der Waals surface area contributed by atoms with Gasteiger partial charge in [-0.25, -0.2) is 13.8 Å². The maximum atomic E-state index is 14.5. The molecule has 4 rings (SSSR count). The second-order valence-electron chi connectivity index (χ2n) is 7.13. The molecule has 28 heavy (non-hydrogen) atoms. The van der Waals surface area contributed by atoms with E-state index in [4.69, 9.17) is 5.73 Å². The number of nitrogens with zero attached hydrogens (tertiary/aromatic N) is 2. The molecule has 1 spiro atoms. The smallest absolute Gasteiger partial charge is 0.241 e. The maximum Gasteiger partial charge on any atom is 0.241 e. The first-order chi connectivity index (χ1) is 13.5. The Kier molecular flexibility index (Phi) is 4.97. The average molecular weight is 401 g/mol. The number of nitrogens with two attached hydrogens (primary N) is 1. The molecule has 4 nitrogen and oxygen atoms in total. The van der Waals surface area contributed by atoms with Crippen molar-refractivity contribution in [2.75, 3.05) is 6.54 Å². The van der Waals surface area contributed by atoms with Gasteiger partial charge in [-0.15, -0.1) is 0 Å². The van der Waals surface area contributed by atoms with Gasteiger partial charge in [0, 0.05) is 18.6 Å². The van der Waals surface area contributed by atoms with Crippen LogP contribution in [-0.2, 0) is 16.1 Å². The molecule has 0 radical (unpaired) electrons. The first-order valence-corrected chi connectivity index (χ1v) is 10.1. The van der Waals surface area contributed by atoms with Crippen LogP contribution in [0, 0.1) is 17.6 Å². The van der Waals surface area contributed by atoms with Crippen LogP contribution in [0.3, 0.4) is 0 Å². The van der Waals surface area contributed by atoms with Crippen LogP contribution in [0.1, 0.15) is 36.5 Å². The van der Waals surface area contributed by atoms with E-state index in [0.717, 1.165) is 36.5 Å². The molecule has 1 amide bonds. The largest absolute Gasteiger partial charge is 0.330 e. The van der Waals surface area contributed by atoms with Gasteiger partial charge in [0.2, 0.25) is 5.91 Å². The van der Waals surface area contributed by atoms with E-state index in [-0.39, 0.29) is 17.4 Å². The van der Waals surface area contributed by atoms with Gasteiger partial charge in [0.05, 0.1) is 0 Å². The Morgan fingerprint density at radius 3 is 2.82 bits per heavy atom. The zero-order chi connectivity index (χ0) is 19.9. The lowest BCUT2D eigenvalue weighted by Crippen LogP contribution is -2.49. The number of hydrogen-bond acceptors (Lipinski definition) is 4. The number of thioether (sulfide) groups is 1. The van der Waals surface area contributed by atoms with E-state index in [9.17, 15) is 13.6 Å². The second-order valence-corrected chi connectivity index (χ2v) is 8.34. The van der Waals surface area contributed by atoms with Crippen molar-refractivity contribution >= 4 is 22.7 Å². The summed E-state index contributed by atoms with van der Waals surface area (Å²) < 4.78 is 27.9. The summed E-state index contributed by atoms with van der Waals surface area (Å²) >= 11 is 1.37. The molecule has 0 aromatic heterocycles. The number of carbonyl (C=O) groups excluding carboxylic acids is 1. The Morgan fingerprint density at radius 1 is 1.32 bits per heavy atom. The van der Waals surface area contributed by atoms with Crippen molar-refractivity contribution in [2.24, 2.45) is 16.8 Å². The van der Waals surface area contributed by atoms with E-state index in [2.05, 4.69) is 11.2 Å². The summed E-state index contributed by atoms with van der Waals surface area (Å²) in [7, 11) is 0. The van der Waals surface area contributed by atoms with Crippen LogP contribution in [-0.4, -0.2) is 22.5 Å². The molecule has 2 atom stereocenters. The summed E-state index contributed by atoms with van der Waals surface area (Å²) in [5, 5.41) is 6.38. The standard InChI is InChI=1S/C21H21F2N3OS/c1-13(27)26-21(28-20(25-26)17-9-8-16(22)12-19(17)23)15(10-11-24)7-6-14-4-2-3-5-18(14)21/h2-5,8-9,12,15H,6-7,10-11,24H2,1H3/t15-,21+/m0/s1. The number of aryl methyl sites for hydroxylation is 1. The number of hydrogen-bond donors (Lipinski definition) is 1. The van der Waals surface area contributed by atoms with Crippen molar-refractivity contribution in [3.63, 3.8) is 0 Å². The molecule has 0 saturated heterocycles. The molecule has 2 N–H and O–H groups in total. The molecule has 2 aliphatic rings. The summed E-state index contributed by atoms with van der Waals surface area (Å²) in [6.07, 6.45) is 2.48. The molecule has 1 aliphatic carbocycles. The Bertz CT molecular complexity index is 964. The van der Waals surface area contributed by atoms with Crippen molar-refractivity contribution in [1.82, 2.24) is 5.01 Å². The highest BCUT2D eigenvalue weighted by molar-refractivity contribution is 8.15. The molecule has 7 heteroatoms. The number of halogens is 2. The first kappa shape index (κ1) is 19.1. The topological polar surface area (TPSA) is 58.7 Å². The van der Waals surface area contributed by atoms with Crippen LogP contribution in [0.25, 0.3) is 0 Å². The maximum absolute atomic E-state index is 14.5. The number of benzene rings is 2. The van der Waals surface area contributed by atoms with Gasteiger partial charge in [-0.05, 0) is 55.0 Å². The summed E-state index contributed by atoms with van der Waals surface area (Å²) in [4.78, 5) is 11.8. The van der Waals surface area contributed by atoms with Crippen molar-refractivity contribution in [3.8, 4) is 0 Å². The van der Waals surface area contributed by atoms with Gasteiger partial charge in [0.25, 0.3) is 0 Å². The third-order valence-electron chi connectivity index (χ3n) is 5.45. The van der Waals surface area contributed by atoms with Gasteiger partial charge in [-0.1, -0.05) is 36.0 Å². The number of fused-ring (bicyclic) bond motifs is 2. The van der Waals surface area contributed by atoms with Crippen LogP contribution in [0.5, 0.6) is 0 Å². The van der Waals surface area contributed by atoms with Crippen molar-refractivity contribution in [3.05, 3.63) is 70.8 Å². The molecule has 2 aromatic rings. The highest BCUT2D eigenvalue weighted by atomic mass is 32.2. The Balaban J connectivity index is 1.88. The van der Waals surface area contributed by atoms with Gasteiger partial charge in [0.1, 0.15) is 21.5 Å². The fourth-order valence-electron chi connectivity index (χ4n) is 4.25. The number of rotatable bonds is 3. The van der Waals surface area contributed by atoms with Crippen LogP contribution < -0.4 is 5.73 Å². The molecule has 0 bridgehead atoms. The lowest BCUT2D eigenvalue weighted by molar-refractivity contribution is -0.134. The third kappa shape index (κ3) is 2.93. The molecule has 2 aromatic carbocycles. The highest BCUT2D eigenvalue weighted by Crippen LogP contribution is 2.57. The number of carbonyl (C=O) groups is 1. The second kappa shape index (κ2) is 7.29. The van der Waals surface area contributed by atoms with E-state index in [0.29, 0.717) is 11.6 Å². The summed E-state index contributed by atoms with van der Waals surface area (Å²) in [5.74, 6) is -1.48. The Hall–Kier alpha value is -2.25. The van der Waals surface area contributed by atoms with Crippen LogP contribution in [0.15, 0.2) is 47.6 Å². The van der Waals surface area contributed by atoms with Crippen molar-refractivity contribution in [1.29, 1.82) is 0 Å². The Labute approximate surface area is 166 Å². The average Bonchev–Trinajstić information content (AvgIpc) is 3.06. The van der Waals surface area contributed by atoms with E-state index < -0.39 is 16.5 Å². The lowest BCUT2D eigenvalue weighted by Gasteiger charge is -2.45. The number of amides is 1. The normalized spacial score (nSPS) is 23.6. The van der Waals surface area contributed by atoms with E-state index in [1.165, 1.54) is 35.8 Å². The fourth-order valence-corrected chi connectivity index (χ4v) is 5.91. The minimum atomic E-state index is -0.768. The zero-order valence-electron chi connectivity index (χ0n) is 15.5. The first-order valence-electron chi connectivity index (χ1n) is 9.29. The summed E-state index contributed by atoms with van der Waals surface area (Å²) in [5.41, 5.74) is 8.26.